The molecule has 0 aliphatic carbocycles. The summed E-state index contributed by atoms with van der Waals surface area (Å²) in [5.41, 5.74) is 0.724. The van der Waals surface area contributed by atoms with Crippen LogP contribution >= 0.6 is 0 Å². The van der Waals surface area contributed by atoms with Gasteiger partial charge in [-0.25, -0.2) is 13.1 Å². The first kappa shape index (κ1) is 15.1. The number of hydrogen-bond donors (Lipinski definition) is 2. The number of nitrogens with zero attached hydrogens (tertiary/aromatic N) is 2. The van der Waals surface area contributed by atoms with Crippen LogP contribution in [0.1, 0.15) is 26.0 Å². The van der Waals surface area contributed by atoms with Crippen LogP contribution in [0.2, 0.25) is 0 Å². The van der Waals surface area contributed by atoms with E-state index < -0.39 is 10.0 Å². The topological polar surface area (TPSA) is 76.0 Å². The van der Waals surface area contributed by atoms with Crippen molar-refractivity contribution < 1.29 is 8.42 Å². The van der Waals surface area contributed by atoms with Crippen LogP contribution in [-0.2, 0) is 23.6 Å². The zero-order valence-electron chi connectivity index (χ0n) is 11.2. The lowest BCUT2D eigenvalue weighted by atomic mass is 10.4. The quantitative estimate of drug-likeness (QED) is 0.665. The van der Waals surface area contributed by atoms with Crippen molar-refractivity contribution in [1.29, 1.82) is 0 Å². The fourth-order valence-electron chi connectivity index (χ4n) is 1.47. The number of sulfonamides is 1. The Morgan fingerprint density at radius 1 is 1.44 bits per heavy atom. The van der Waals surface area contributed by atoms with Gasteiger partial charge >= 0.3 is 0 Å². The molecule has 1 heterocycles. The van der Waals surface area contributed by atoms with E-state index in [0.29, 0.717) is 19.0 Å². The second kappa shape index (κ2) is 6.86. The monoisotopic (exact) mass is 274 g/mol. The summed E-state index contributed by atoms with van der Waals surface area (Å²) in [4.78, 5) is 0. The molecule has 0 amide bonds. The molecule has 1 aromatic rings. The molecule has 0 saturated carbocycles. The molecule has 0 atom stereocenters. The first-order chi connectivity index (χ1) is 8.39. The summed E-state index contributed by atoms with van der Waals surface area (Å²) in [5.74, 6) is 0.138. The maximum absolute atomic E-state index is 11.7. The average molecular weight is 274 g/mol. The summed E-state index contributed by atoms with van der Waals surface area (Å²) in [6.45, 7) is 5.03. The minimum Gasteiger partial charge on any atom is -0.314 e. The van der Waals surface area contributed by atoms with E-state index in [-0.39, 0.29) is 12.3 Å². The molecule has 7 heteroatoms. The molecule has 6 nitrogen and oxygen atoms in total. The lowest BCUT2D eigenvalue weighted by Gasteiger charge is -2.08. The van der Waals surface area contributed by atoms with Gasteiger partial charge in [-0.1, -0.05) is 13.8 Å². The Labute approximate surface area is 109 Å². The van der Waals surface area contributed by atoms with Crippen LogP contribution in [-0.4, -0.2) is 36.5 Å². The van der Waals surface area contributed by atoms with Gasteiger partial charge < -0.3 is 5.32 Å². The molecule has 0 aliphatic heterocycles. The maximum Gasteiger partial charge on any atom is 0.211 e. The van der Waals surface area contributed by atoms with Gasteiger partial charge in [-0.2, -0.15) is 5.10 Å². The third-order valence-electron chi connectivity index (χ3n) is 2.38. The second-order valence-corrected chi connectivity index (χ2v) is 6.51. The van der Waals surface area contributed by atoms with Gasteiger partial charge in [0.05, 0.1) is 18.0 Å². The minimum atomic E-state index is -3.21. The van der Waals surface area contributed by atoms with Crippen LogP contribution in [0.15, 0.2) is 12.3 Å². The molecular weight excluding hydrogens is 252 g/mol. The number of hydrogen-bond acceptors (Lipinski definition) is 4. The van der Waals surface area contributed by atoms with Crippen LogP contribution in [0.5, 0.6) is 0 Å². The number of aryl methyl sites for hydroxylation is 1. The van der Waals surface area contributed by atoms with Crippen LogP contribution in [0.4, 0.5) is 0 Å². The van der Waals surface area contributed by atoms with Gasteiger partial charge in [0.15, 0.2) is 0 Å². The highest BCUT2D eigenvalue weighted by Gasteiger charge is 2.10. The Bertz CT molecular complexity index is 453. The predicted octanol–water partition coefficient (Wildman–Crippen LogP) is 0.228. The average Bonchev–Trinajstić information content (AvgIpc) is 2.68. The number of rotatable bonds is 8. The predicted molar refractivity (Wildman–Crippen MR) is 71.6 cm³/mol. The summed E-state index contributed by atoms with van der Waals surface area (Å²) in [5, 5.41) is 7.30. The Kier molecular flexibility index (Phi) is 5.77. The van der Waals surface area contributed by atoms with Crippen LogP contribution < -0.4 is 10.0 Å². The molecule has 2 N–H and O–H groups in total. The largest absolute Gasteiger partial charge is 0.314 e. The molecule has 104 valence electrons. The fraction of sp³-hybridized carbons (Fsp3) is 0.727. The molecule has 18 heavy (non-hydrogen) atoms. The SMILES string of the molecule is CC(C)NCCCS(=O)(=O)NCc1ccn(C)n1. The van der Waals surface area contributed by atoms with E-state index in [0.717, 1.165) is 5.69 Å². The van der Waals surface area contributed by atoms with Crippen molar-refractivity contribution in [3.05, 3.63) is 18.0 Å². The van der Waals surface area contributed by atoms with Crippen molar-refractivity contribution in [2.45, 2.75) is 32.9 Å². The smallest absolute Gasteiger partial charge is 0.211 e. The Morgan fingerprint density at radius 2 is 2.17 bits per heavy atom. The standard InChI is InChI=1S/C11H22N4O2S/c1-10(2)12-6-4-8-18(16,17)13-9-11-5-7-15(3)14-11/h5,7,10,12-13H,4,6,8-9H2,1-3H3. The molecule has 0 saturated heterocycles. The third-order valence-corrected chi connectivity index (χ3v) is 3.79. The number of aromatic nitrogens is 2. The van der Waals surface area contributed by atoms with E-state index in [4.69, 9.17) is 0 Å². The summed E-state index contributed by atoms with van der Waals surface area (Å²) < 4.78 is 27.6. The molecule has 1 rings (SSSR count). The maximum atomic E-state index is 11.7. The fourth-order valence-corrected chi connectivity index (χ4v) is 2.50. The van der Waals surface area contributed by atoms with Gasteiger partial charge in [0.2, 0.25) is 10.0 Å². The lowest BCUT2D eigenvalue weighted by Crippen LogP contribution is -2.30. The van der Waals surface area contributed by atoms with Crippen LogP contribution in [0, 0.1) is 0 Å². The molecular formula is C11H22N4O2S. The summed E-state index contributed by atoms with van der Waals surface area (Å²) >= 11 is 0. The Balaban J connectivity index is 2.27. The molecule has 0 spiro atoms. The van der Waals surface area contributed by atoms with Gasteiger partial charge in [0, 0.05) is 19.3 Å². The first-order valence-electron chi connectivity index (χ1n) is 6.08. The van der Waals surface area contributed by atoms with Crippen molar-refractivity contribution in [2.75, 3.05) is 12.3 Å². The van der Waals surface area contributed by atoms with E-state index in [9.17, 15) is 8.42 Å². The van der Waals surface area contributed by atoms with Gasteiger partial charge in [-0.05, 0) is 19.0 Å². The zero-order valence-corrected chi connectivity index (χ0v) is 12.0. The highest BCUT2D eigenvalue weighted by Crippen LogP contribution is 1.96. The summed E-state index contributed by atoms with van der Waals surface area (Å²) in [6.07, 6.45) is 2.39. The van der Waals surface area contributed by atoms with Crippen molar-refractivity contribution in [1.82, 2.24) is 19.8 Å². The second-order valence-electron chi connectivity index (χ2n) is 4.58. The normalized spacial score (nSPS) is 12.2. The molecule has 0 unspecified atom stereocenters. The van der Waals surface area contributed by atoms with E-state index in [1.807, 2.05) is 13.8 Å². The molecule has 0 aromatic carbocycles. The van der Waals surface area contributed by atoms with Crippen molar-refractivity contribution in [3.63, 3.8) is 0 Å². The van der Waals surface area contributed by atoms with E-state index in [1.54, 1.807) is 24.0 Å². The van der Waals surface area contributed by atoms with Crippen molar-refractivity contribution in [3.8, 4) is 0 Å². The Morgan fingerprint density at radius 3 is 2.72 bits per heavy atom. The van der Waals surface area contributed by atoms with E-state index in [2.05, 4.69) is 15.1 Å². The summed E-state index contributed by atoms with van der Waals surface area (Å²) in [7, 11) is -1.41. The van der Waals surface area contributed by atoms with Crippen molar-refractivity contribution in [2.24, 2.45) is 7.05 Å². The van der Waals surface area contributed by atoms with Gasteiger partial charge in [-0.3, -0.25) is 4.68 Å². The highest BCUT2D eigenvalue weighted by molar-refractivity contribution is 7.89. The Hall–Kier alpha value is -0.920. The highest BCUT2D eigenvalue weighted by atomic mass is 32.2. The molecule has 1 aromatic heterocycles. The lowest BCUT2D eigenvalue weighted by molar-refractivity contribution is 0.560. The van der Waals surface area contributed by atoms with Crippen LogP contribution in [0.25, 0.3) is 0 Å². The van der Waals surface area contributed by atoms with E-state index >= 15 is 0 Å². The molecule has 0 bridgehead atoms. The molecule has 0 aliphatic rings. The van der Waals surface area contributed by atoms with E-state index in [1.165, 1.54) is 0 Å². The van der Waals surface area contributed by atoms with Gasteiger partial charge in [-0.15, -0.1) is 0 Å². The van der Waals surface area contributed by atoms with Gasteiger partial charge in [0.1, 0.15) is 0 Å². The zero-order chi connectivity index (χ0) is 13.6. The van der Waals surface area contributed by atoms with Crippen molar-refractivity contribution >= 4 is 10.0 Å². The van der Waals surface area contributed by atoms with Crippen LogP contribution in [0.3, 0.4) is 0 Å². The molecule has 0 fully saturated rings. The molecule has 0 radical (unpaired) electrons. The first-order valence-corrected chi connectivity index (χ1v) is 7.73. The third kappa shape index (κ3) is 6.13. The summed E-state index contributed by atoms with van der Waals surface area (Å²) in [6, 6.07) is 2.18. The van der Waals surface area contributed by atoms with Gasteiger partial charge in [0.25, 0.3) is 0 Å². The minimum absolute atomic E-state index is 0.138. The number of nitrogens with one attached hydrogen (secondary N) is 2.